The third kappa shape index (κ3) is 6.67. The third-order valence-corrected chi connectivity index (χ3v) is 4.57. The van der Waals surface area contributed by atoms with Gasteiger partial charge in [0.15, 0.2) is 0 Å². The lowest BCUT2D eigenvalue weighted by Gasteiger charge is -2.10. The molecule has 128 valence electrons. The van der Waals surface area contributed by atoms with Gasteiger partial charge >= 0.3 is 0 Å². The number of ether oxygens (including phenoxy) is 1. The Bertz CT molecular complexity index is 616. The Morgan fingerprint density at radius 1 is 1.08 bits per heavy atom. The molecule has 0 fully saturated rings. The molecule has 2 rings (SSSR count). The van der Waals surface area contributed by atoms with Crippen LogP contribution in [-0.4, -0.2) is 24.8 Å². The first-order valence-corrected chi connectivity index (χ1v) is 9.54. The lowest BCUT2D eigenvalue weighted by atomic mass is 10.1. The van der Waals surface area contributed by atoms with Crippen molar-refractivity contribution in [3.63, 3.8) is 0 Å². The van der Waals surface area contributed by atoms with Gasteiger partial charge in [-0.3, -0.25) is 4.79 Å². The molecule has 0 radical (unpaired) electrons. The smallest absolute Gasteiger partial charge is 0.230 e. The van der Waals surface area contributed by atoms with E-state index in [2.05, 4.69) is 23.5 Å². The summed E-state index contributed by atoms with van der Waals surface area (Å²) in [5, 5.41) is 2.99. The molecule has 3 nitrogen and oxygen atoms in total. The van der Waals surface area contributed by atoms with Crippen molar-refractivity contribution < 1.29 is 9.53 Å². The van der Waals surface area contributed by atoms with Gasteiger partial charge in [-0.1, -0.05) is 48.5 Å². The van der Waals surface area contributed by atoms with Gasteiger partial charge in [-0.2, -0.15) is 0 Å². The van der Waals surface area contributed by atoms with Gasteiger partial charge in [-0.05, 0) is 37.0 Å². The molecule has 0 aliphatic rings. The molecule has 2 aromatic rings. The summed E-state index contributed by atoms with van der Waals surface area (Å²) in [6.45, 7) is 3.36. The summed E-state index contributed by atoms with van der Waals surface area (Å²) < 4.78 is 5.62. The summed E-state index contributed by atoms with van der Waals surface area (Å²) in [7, 11) is 0. The summed E-state index contributed by atoms with van der Waals surface area (Å²) in [4.78, 5) is 11.9. The van der Waals surface area contributed by atoms with Crippen molar-refractivity contribution in [3.05, 3.63) is 65.7 Å². The number of thioether (sulfide) groups is 1. The van der Waals surface area contributed by atoms with Crippen LogP contribution in [0.3, 0.4) is 0 Å². The second-order valence-electron chi connectivity index (χ2n) is 5.47. The molecule has 0 saturated carbocycles. The van der Waals surface area contributed by atoms with E-state index in [4.69, 9.17) is 4.74 Å². The van der Waals surface area contributed by atoms with Crippen LogP contribution >= 0.6 is 11.8 Å². The number of carbonyl (C=O) groups excluding carboxylic acids is 1. The van der Waals surface area contributed by atoms with E-state index in [0.717, 1.165) is 24.3 Å². The summed E-state index contributed by atoms with van der Waals surface area (Å²) in [6.07, 6.45) is 1.83. The highest BCUT2D eigenvalue weighted by atomic mass is 32.2. The highest BCUT2D eigenvalue weighted by Crippen LogP contribution is 2.19. The van der Waals surface area contributed by atoms with Crippen LogP contribution in [0.2, 0.25) is 0 Å². The van der Waals surface area contributed by atoms with Gasteiger partial charge in [-0.15, -0.1) is 11.8 Å². The van der Waals surface area contributed by atoms with Gasteiger partial charge in [0.1, 0.15) is 5.75 Å². The summed E-state index contributed by atoms with van der Waals surface area (Å²) >= 11 is 1.65. The van der Waals surface area contributed by atoms with Gasteiger partial charge in [0.25, 0.3) is 0 Å². The lowest BCUT2D eigenvalue weighted by molar-refractivity contribution is -0.118. The molecule has 0 spiro atoms. The van der Waals surface area contributed by atoms with E-state index in [1.165, 1.54) is 11.1 Å². The fourth-order valence-electron chi connectivity index (χ4n) is 2.40. The van der Waals surface area contributed by atoms with E-state index in [9.17, 15) is 4.79 Å². The summed E-state index contributed by atoms with van der Waals surface area (Å²) in [5.41, 5.74) is 2.45. The predicted octanol–water partition coefficient (Wildman–Crippen LogP) is 4.07. The number of rotatable bonds is 10. The van der Waals surface area contributed by atoms with E-state index in [1.807, 2.05) is 43.3 Å². The molecule has 0 saturated heterocycles. The minimum atomic E-state index is 0.106. The largest absolute Gasteiger partial charge is 0.494 e. The zero-order valence-electron chi connectivity index (χ0n) is 14.2. The quantitative estimate of drug-likeness (QED) is 0.661. The number of hydrogen-bond donors (Lipinski definition) is 1. The molecular weight excluding hydrogens is 318 g/mol. The lowest BCUT2D eigenvalue weighted by Crippen LogP contribution is -2.26. The molecule has 1 amide bonds. The summed E-state index contributed by atoms with van der Waals surface area (Å²) in [6, 6.07) is 18.3. The molecule has 4 heteroatoms. The second kappa shape index (κ2) is 10.8. The highest BCUT2D eigenvalue weighted by molar-refractivity contribution is 7.99. The van der Waals surface area contributed by atoms with Crippen LogP contribution in [-0.2, 0) is 17.0 Å². The molecule has 0 aliphatic heterocycles. The molecule has 0 atom stereocenters. The number of hydrogen-bond acceptors (Lipinski definition) is 3. The van der Waals surface area contributed by atoms with Crippen LogP contribution in [0.5, 0.6) is 5.75 Å². The molecule has 0 heterocycles. The zero-order chi connectivity index (χ0) is 17.0. The molecule has 0 bridgehead atoms. The number of benzene rings is 2. The number of amides is 1. The van der Waals surface area contributed by atoms with Gasteiger partial charge in [0, 0.05) is 12.3 Å². The van der Waals surface area contributed by atoms with Crippen LogP contribution in [0.1, 0.15) is 24.5 Å². The third-order valence-electron chi connectivity index (χ3n) is 3.56. The van der Waals surface area contributed by atoms with Crippen LogP contribution in [0, 0.1) is 0 Å². The van der Waals surface area contributed by atoms with Crippen LogP contribution in [0.4, 0.5) is 0 Å². The molecule has 0 unspecified atom stereocenters. The number of aryl methyl sites for hydroxylation is 1. The minimum Gasteiger partial charge on any atom is -0.494 e. The van der Waals surface area contributed by atoms with Crippen LogP contribution in [0.25, 0.3) is 0 Å². The van der Waals surface area contributed by atoms with Crippen molar-refractivity contribution >= 4 is 17.7 Å². The van der Waals surface area contributed by atoms with Crippen LogP contribution in [0.15, 0.2) is 54.6 Å². The van der Waals surface area contributed by atoms with Gasteiger partial charge in [0.2, 0.25) is 5.91 Å². The average Bonchev–Trinajstić information content (AvgIpc) is 2.61. The van der Waals surface area contributed by atoms with E-state index in [1.54, 1.807) is 11.8 Å². The maximum Gasteiger partial charge on any atom is 0.230 e. The van der Waals surface area contributed by atoms with Gasteiger partial charge in [-0.25, -0.2) is 0 Å². The fraction of sp³-hybridized carbons (Fsp3) is 0.350. The Hall–Kier alpha value is -1.94. The van der Waals surface area contributed by atoms with Crippen molar-refractivity contribution in [2.24, 2.45) is 0 Å². The Balaban J connectivity index is 1.61. The van der Waals surface area contributed by atoms with Crippen molar-refractivity contribution in [2.75, 3.05) is 18.9 Å². The number of para-hydroxylation sites is 1. The van der Waals surface area contributed by atoms with Crippen molar-refractivity contribution in [1.82, 2.24) is 5.32 Å². The Kier molecular flexibility index (Phi) is 8.25. The SMILES string of the molecule is CCOc1ccccc1CCCNC(=O)CSCc1ccccc1. The normalized spacial score (nSPS) is 10.4. The Labute approximate surface area is 148 Å². The molecule has 2 aromatic carbocycles. The maximum atomic E-state index is 11.9. The van der Waals surface area contributed by atoms with E-state index >= 15 is 0 Å². The molecule has 0 aliphatic carbocycles. The van der Waals surface area contributed by atoms with Gasteiger partial charge in [0.05, 0.1) is 12.4 Å². The first-order valence-electron chi connectivity index (χ1n) is 8.38. The average molecular weight is 343 g/mol. The molecule has 24 heavy (non-hydrogen) atoms. The van der Waals surface area contributed by atoms with Crippen molar-refractivity contribution in [1.29, 1.82) is 0 Å². The predicted molar refractivity (Wildman–Crippen MR) is 102 cm³/mol. The van der Waals surface area contributed by atoms with E-state index in [-0.39, 0.29) is 5.91 Å². The fourth-order valence-corrected chi connectivity index (χ4v) is 3.22. The van der Waals surface area contributed by atoms with E-state index < -0.39 is 0 Å². The number of nitrogens with one attached hydrogen (secondary N) is 1. The van der Waals surface area contributed by atoms with Gasteiger partial charge < -0.3 is 10.1 Å². The maximum absolute atomic E-state index is 11.9. The highest BCUT2D eigenvalue weighted by Gasteiger charge is 2.04. The Morgan fingerprint density at radius 2 is 1.83 bits per heavy atom. The zero-order valence-corrected chi connectivity index (χ0v) is 15.0. The molecule has 0 aromatic heterocycles. The van der Waals surface area contributed by atoms with Crippen molar-refractivity contribution in [2.45, 2.75) is 25.5 Å². The molecular formula is C20H25NO2S. The first-order chi connectivity index (χ1) is 11.8. The van der Waals surface area contributed by atoms with Crippen molar-refractivity contribution in [3.8, 4) is 5.75 Å². The number of carbonyl (C=O) groups is 1. The standard InChI is InChI=1S/C20H25NO2S/c1-2-23-19-13-7-6-11-18(19)12-8-14-21-20(22)16-24-15-17-9-4-3-5-10-17/h3-7,9-11,13H,2,8,12,14-16H2,1H3,(H,21,22). The monoisotopic (exact) mass is 343 g/mol. The summed E-state index contributed by atoms with van der Waals surface area (Å²) in [5.74, 6) is 2.43. The minimum absolute atomic E-state index is 0.106. The van der Waals surface area contributed by atoms with E-state index in [0.29, 0.717) is 18.9 Å². The second-order valence-corrected chi connectivity index (χ2v) is 6.46. The van der Waals surface area contributed by atoms with Crippen LogP contribution < -0.4 is 10.1 Å². The topological polar surface area (TPSA) is 38.3 Å². The molecule has 1 N–H and O–H groups in total. The Morgan fingerprint density at radius 3 is 2.62 bits per heavy atom. The first kappa shape index (κ1) is 18.4.